The van der Waals surface area contributed by atoms with Crippen LogP contribution in [0.1, 0.15) is 40.4 Å². The molecule has 186 valence electrons. The quantitative estimate of drug-likeness (QED) is 0.311. The topological polar surface area (TPSA) is 56.4 Å². The maximum Gasteiger partial charge on any atom is 0.254 e. The second-order valence-corrected chi connectivity index (χ2v) is 9.14. The summed E-state index contributed by atoms with van der Waals surface area (Å²) in [4.78, 5) is 33.4. The van der Waals surface area contributed by atoms with Gasteiger partial charge in [-0.05, 0) is 61.2 Å². The van der Waals surface area contributed by atoms with Gasteiger partial charge >= 0.3 is 0 Å². The molecule has 0 bridgehead atoms. The van der Waals surface area contributed by atoms with E-state index in [0.717, 1.165) is 34.0 Å². The van der Waals surface area contributed by atoms with Gasteiger partial charge in [-0.2, -0.15) is 0 Å². The number of aromatic nitrogens is 1. The number of nitrogens with zero attached hydrogens (tertiary/aromatic N) is 2. The Labute approximate surface area is 211 Å². The molecule has 4 rings (SSSR count). The van der Waals surface area contributed by atoms with Gasteiger partial charge in [0, 0.05) is 42.3 Å². The van der Waals surface area contributed by atoms with Crippen LogP contribution in [0.25, 0.3) is 10.9 Å². The van der Waals surface area contributed by atoms with Gasteiger partial charge < -0.3 is 14.8 Å². The minimum absolute atomic E-state index is 0.00434. The minimum Gasteiger partial charge on any atom is -0.361 e. The third-order valence-electron chi connectivity index (χ3n) is 6.37. The van der Waals surface area contributed by atoms with Crippen LogP contribution in [0.4, 0.5) is 4.39 Å². The summed E-state index contributed by atoms with van der Waals surface area (Å²) in [5.41, 5.74) is 4.68. The van der Waals surface area contributed by atoms with Crippen LogP contribution >= 0.6 is 0 Å². The molecular formula is C30H32FN3O2. The van der Waals surface area contributed by atoms with Gasteiger partial charge in [-0.25, -0.2) is 4.39 Å². The molecule has 0 saturated heterocycles. The Morgan fingerprint density at radius 2 is 1.61 bits per heavy atom. The molecule has 36 heavy (non-hydrogen) atoms. The molecule has 1 N–H and O–H groups in total. The van der Waals surface area contributed by atoms with Gasteiger partial charge in [-0.15, -0.1) is 0 Å². The van der Waals surface area contributed by atoms with Crippen LogP contribution in [0.3, 0.4) is 0 Å². The van der Waals surface area contributed by atoms with Crippen LogP contribution in [0, 0.1) is 12.7 Å². The maximum absolute atomic E-state index is 13.6. The largest absolute Gasteiger partial charge is 0.361 e. The van der Waals surface area contributed by atoms with E-state index >= 15 is 0 Å². The van der Waals surface area contributed by atoms with E-state index in [4.69, 9.17) is 0 Å². The van der Waals surface area contributed by atoms with Crippen LogP contribution in [-0.2, 0) is 17.8 Å². The number of hydrogen-bond donors (Lipinski definition) is 1. The number of fused-ring (bicyclic) bond motifs is 1. The summed E-state index contributed by atoms with van der Waals surface area (Å²) in [5.74, 6) is -0.593. The number of aryl methyl sites for hydroxylation is 1. The molecular weight excluding hydrogens is 453 g/mol. The van der Waals surface area contributed by atoms with Gasteiger partial charge in [0.15, 0.2) is 0 Å². The first-order valence-electron chi connectivity index (χ1n) is 12.4. The maximum atomic E-state index is 13.6. The Balaban J connectivity index is 1.53. The summed E-state index contributed by atoms with van der Waals surface area (Å²) < 4.78 is 13.5. The van der Waals surface area contributed by atoms with Gasteiger partial charge in [0.05, 0.1) is 0 Å². The number of halogens is 1. The molecule has 3 aromatic carbocycles. The van der Waals surface area contributed by atoms with Crippen molar-refractivity contribution in [3.05, 3.63) is 107 Å². The molecule has 1 aromatic heterocycles. The molecule has 6 heteroatoms. The fraction of sp³-hybridized carbons (Fsp3) is 0.267. The lowest BCUT2D eigenvalue weighted by Gasteiger charge is -2.28. The number of nitrogens with one attached hydrogen (secondary N) is 1. The fourth-order valence-electron chi connectivity index (χ4n) is 4.36. The number of rotatable bonds is 10. The predicted molar refractivity (Wildman–Crippen MR) is 141 cm³/mol. The number of H-pyrrole nitrogens is 1. The van der Waals surface area contributed by atoms with E-state index in [0.29, 0.717) is 31.6 Å². The summed E-state index contributed by atoms with van der Waals surface area (Å²) in [5, 5.41) is 1.13. The zero-order chi connectivity index (χ0) is 25.5. The molecule has 0 saturated carbocycles. The summed E-state index contributed by atoms with van der Waals surface area (Å²) in [6, 6.07) is 21.7. The average Bonchev–Trinajstić information content (AvgIpc) is 3.30. The number of aromatic amines is 1. The standard InChI is InChI=1S/C30H32FN3O2/c1-3-17-34(30(36)24-12-8-22(2)9-13-24)21-29(35)33(20-23-10-14-26(31)15-11-23)18-16-25-19-32-28-7-5-4-6-27(25)28/h4-15,19,32H,3,16-18,20-21H2,1-2H3. The Bertz CT molecular complexity index is 1310. The number of hydrogen-bond acceptors (Lipinski definition) is 2. The van der Waals surface area contributed by atoms with Crippen LogP contribution < -0.4 is 0 Å². The molecule has 0 fully saturated rings. The highest BCUT2D eigenvalue weighted by Crippen LogP contribution is 2.19. The van der Waals surface area contributed by atoms with Crippen molar-refractivity contribution in [2.24, 2.45) is 0 Å². The van der Waals surface area contributed by atoms with Crippen LogP contribution in [-0.4, -0.2) is 46.2 Å². The lowest BCUT2D eigenvalue weighted by molar-refractivity contribution is -0.132. The molecule has 2 amide bonds. The molecule has 0 unspecified atom stereocenters. The van der Waals surface area contributed by atoms with Crippen molar-refractivity contribution in [2.75, 3.05) is 19.6 Å². The van der Waals surface area contributed by atoms with E-state index in [-0.39, 0.29) is 24.2 Å². The van der Waals surface area contributed by atoms with Gasteiger partial charge in [0.25, 0.3) is 5.91 Å². The van der Waals surface area contributed by atoms with Gasteiger partial charge in [-0.1, -0.05) is 55.0 Å². The Hall–Kier alpha value is -3.93. The molecule has 5 nitrogen and oxygen atoms in total. The third-order valence-corrected chi connectivity index (χ3v) is 6.37. The van der Waals surface area contributed by atoms with Crippen molar-refractivity contribution in [1.29, 1.82) is 0 Å². The molecule has 0 spiro atoms. The molecule has 4 aromatic rings. The highest BCUT2D eigenvalue weighted by Gasteiger charge is 2.22. The second kappa shape index (κ2) is 11.7. The van der Waals surface area contributed by atoms with E-state index in [1.165, 1.54) is 12.1 Å². The summed E-state index contributed by atoms with van der Waals surface area (Å²) >= 11 is 0. The molecule has 0 aliphatic rings. The lowest BCUT2D eigenvalue weighted by atomic mass is 10.1. The number of amides is 2. The minimum atomic E-state index is -0.312. The third kappa shape index (κ3) is 6.19. The van der Waals surface area contributed by atoms with Crippen molar-refractivity contribution >= 4 is 22.7 Å². The highest BCUT2D eigenvalue weighted by molar-refractivity contribution is 5.96. The lowest BCUT2D eigenvalue weighted by Crippen LogP contribution is -2.43. The van der Waals surface area contributed by atoms with Gasteiger partial charge in [-0.3, -0.25) is 9.59 Å². The number of carbonyl (C=O) groups excluding carboxylic acids is 2. The van der Waals surface area contributed by atoms with E-state index in [1.54, 1.807) is 34.1 Å². The zero-order valence-corrected chi connectivity index (χ0v) is 20.8. The van der Waals surface area contributed by atoms with Crippen LogP contribution in [0.5, 0.6) is 0 Å². The van der Waals surface area contributed by atoms with E-state index in [9.17, 15) is 14.0 Å². The molecule has 0 radical (unpaired) electrons. The first-order valence-corrected chi connectivity index (χ1v) is 12.4. The van der Waals surface area contributed by atoms with Crippen molar-refractivity contribution in [3.8, 4) is 0 Å². The summed E-state index contributed by atoms with van der Waals surface area (Å²) in [6.45, 7) is 5.29. The first kappa shape index (κ1) is 25.2. The van der Waals surface area contributed by atoms with E-state index in [1.807, 2.05) is 50.4 Å². The Morgan fingerprint density at radius 3 is 2.33 bits per heavy atom. The predicted octanol–water partition coefficient (Wildman–Crippen LogP) is 5.74. The van der Waals surface area contributed by atoms with Gasteiger partial charge in [0.2, 0.25) is 5.91 Å². The van der Waals surface area contributed by atoms with Gasteiger partial charge in [0.1, 0.15) is 12.4 Å². The normalized spacial score (nSPS) is 11.0. The molecule has 0 aliphatic heterocycles. The van der Waals surface area contributed by atoms with Crippen LogP contribution in [0.15, 0.2) is 79.0 Å². The smallest absolute Gasteiger partial charge is 0.254 e. The Kier molecular flexibility index (Phi) is 8.16. The van der Waals surface area contributed by atoms with Crippen molar-refractivity contribution < 1.29 is 14.0 Å². The molecule has 0 aliphatic carbocycles. The first-order chi connectivity index (χ1) is 17.4. The monoisotopic (exact) mass is 485 g/mol. The van der Waals surface area contributed by atoms with Crippen molar-refractivity contribution in [3.63, 3.8) is 0 Å². The van der Waals surface area contributed by atoms with Crippen molar-refractivity contribution in [1.82, 2.24) is 14.8 Å². The fourth-order valence-corrected chi connectivity index (χ4v) is 4.36. The van der Waals surface area contributed by atoms with E-state index in [2.05, 4.69) is 11.1 Å². The second-order valence-electron chi connectivity index (χ2n) is 9.14. The number of para-hydroxylation sites is 1. The summed E-state index contributed by atoms with van der Waals surface area (Å²) in [7, 11) is 0. The van der Waals surface area contributed by atoms with Crippen molar-refractivity contribution in [2.45, 2.75) is 33.2 Å². The van der Waals surface area contributed by atoms with E-state index < -0.39 is 0 Å². The summed E-state index contributed by atoms with van der Waals surface area (Å²) in [6.07, 6.45) is 3.39. The zero-order valence-electron chi connectivity index (χ0n) is 20.8. The highest BCUT2D eigenvalue weighted by atomic mass is 19.1. The number of carbonyl (C=O) groups is 2. The molecule has 0 atom stereocenters. The van der Waals surface area contributed by atoms with Crippen LogP contribution in [0.2, 0.25) is 0 Å². The molecule has 1 heterocycles. The SMILES string of the molecule is CCCN(CC(=O)N(CCc1c[nH]c2ccccc12)Cc1ccc(F)cc1)C(=O)c1ccc(C)cc1. The Morgan fingerprint density at radius 1 is 0.889 bits per heavy atom. The average molecular weight is 486 g/mol. The number of benzene rings is 3.